The summed E-state index contributed by atoms with van der Waals surface area (Å²) >= 11 is 0. The highest BCUT2D eigenvalue weighted by atomic mass is 16.6. The number of ether oxygens (including phenoxy) is 3. The van der Waals surface area contributed by atoms with E-state index in [4.69, 9.17) is 14.2 Å². The average molecular weight is 757 g/mol. The van der Waals surface area contributed by atoms with Gasteiger partial charge in [0.25, 0.3) is 0 Å². The Morgan fingerprint density at radius 3 is 1.15 bits per heavy atom. The predicted octanol–water partition coefficient (Wildman–Crippen LogP) is 13.9. The summed E-state index contributed by atoms with van der Waals surface area (Å²) in [5.41, 5.74) is 2.10. The van der Waals surface area contributed by atoms with Crippen LogP contribution >= 0.6 is 0 Å². The van der Waals surface area contributed by atoms with Crippen molar-refractivity contribution in [1.29, 1.82) is 0 Å². The second-order valence-electron chi connectivity index (χ2n) is 16.5. The van der Waals surface area contributed by atoms with Crippen molar-refractivity contribution in [3.63, 3.8) is 0 Å². The third kappa shape index (κ3) is 29.0. The number of rotatable bonds is 37. The largest absolute Gasteiger partial charge is 0.462 e. The van der Waals surface area contributed by atoms with Crippen LogP contribution in [0.15, 0.2) is 24.3 Å². The number of hydrogen-bond acceptors (Lipinski definition) is 6. The van der Waals surface area contributed by atoms with Gasteiger partial charge in [-0.2, -0.15) is 0 Å². The molecule has 0 saturated heterocycles. The van der Waals surface area contributed by atoms with E-state index in [9.17, 15) is 14.4 Å². The van der Waals surface area contributed by atoms with E-state index in [0.29, 0.717) is 18.8 Å². The minimum atomic E-state index is -0.841. The summed E-state index contributed by atoms with van der Waals surface area (Å²) in [5.74, 6) is -0.962. The van der Waals surface area contributed by atoms with E-state index < -0.39 is 18.0 Å². The van der Waals surface area contributed by atoms with Crippen LogP contribution in [0, 0.1) is 5.92 Å². The summed E-state index contributed by atoms with van der Waals surface area (Å²) in [7, 11) is 0. The molecule has 0 fully saturated rings. The first-order valence-electron chi connectivity index (χ1n) is 22.9. The van der Waals surface area contributed by atoms with Gasteiger partial charge in [0.1, 0.15) is 13.2 Å². The zero-order chi connectivity index (χ0) is 39.5. The van der Waals surface area contributed by atoms with Crippen LogP contribution in [0.4, 0.5) is 0 Å². The molecule has 0 aromatic heterocycles. The van der Waals surface area contributed by atoms with E-state index in [1.807, 2.05) is 19.1 Å². The summed E-state index contributed by atoms with van der Waals surface area (Å²) in [5, 5.41) is 0. The maximum absolute atomic E-state index is 13.2. The SMILES string of the molecule is CCCCCCCCCCCCCCCC(=O)OCC(COC(=O)CCCCCCCCCCCCCCC)OC(=O)C(C)c1ccc(CC(C)C)cc1. The van der Waals surface area contributed by atoms with Gasteiger partial charge in [-0.15, -0.1) is 0 Å². The van der Waals surface area contributed by atoms with Crippen LogP contribution in [0.25, 0.3) is 0 Å². The molecule has 0 saturated carbocycles. The fourth-order valence-corrected chi connectivity index (χ4v) is 7.02. The van der Waals surface area contributed by atoms with Crippen molar-refractivity contribution < 1.29 is 28.6 Å². The van der Waals surface area contributed by atoms with Gasteiger partial charge < -0.3 is 14.2 Å². The Bertz CT molecular complexity index is 988. The van der Waals surface area contributed by atoms with Crippen molar-refractivity contribution in [2.75, 3.05) is 13.2 Å². The van der Waals surface area contributed by atoms with Crippen molar-refractivity contribution in [2.45, 2.75) is 233 Å². The molecule has 1 aromatic carbocycles. The number of hydrogen-bond donors (Lipinski definition) is 0. The van der Waals surface area contributed by atoms with E-state index in [1.54, 1.807) is 0 Å². The molecule has 1 aromatic rings. The van der Waals surface area contributed by atoms with Gasteiger partial charge in [-0.05, 0) is 43.2 Å². The molecule has 0 aliphatic rings. The molecule has 6 nitrogen and oxygen atoms in total. The molecule has 0 N–H and O–H groups in total. The second-order valence-corrected chi connectivity index (χ2v) is 16.5. The topological polar surface area (TPSA) is 78.9 Å². The van der Waals surface area contributed by atoms with Crippen LogP contribution < -0.4 is 0 Å². The van der Waals surface area contributed by atoms with Gasteiger partial charge in [0.15, 0.2) is 6.10 Å². The fraction of sp³-hybridized carbons (Fsp3) is 0.812. The first kappa shape index (κ1) is 49.6. The van der Waals surface area contributed by atoms with Gasteiger partial charge in [0.05, 0.1) is 5.92 Å². The molecule has 0 spiro atoms. The summed E-state index contributed by atoms with van der Waals surface area (Å²) in [6.07, 6.45) is 33.3. The molecule has 0 heterocycles. The van der Waals surface area contributed by atoms with E-state index in [2.05, 4.69) is 39.8 Å². The van der Waals surface area contributed by atoms with Gasteiger partial charge in [-0.3, -0.25) is 14.4 Å². The van der Waals surface area contributed by atoms with Crippen LogP contribution in [0.2, 0.25) is 0 Å². The van der Waals surface area contributed by atoms with Crippen molar-refractivity contribution >= 4 is 17.9 Å². The first-order valence-corrected chi connectivity index (χ1v) is 22.9. The summed E-state index contributed by atoms with van der Waals surface area (Å²) in [4.78, 5) is 38.5. The predicted molar refractivity (Wildman–Crippen MR) is 226 cm³/mol. The minimum absolute atomic E-state index is 0.116. The lowest BCUT2D eigenvalue weighted by Gasteiger charge is -2.21. The molecule has 1 atom stereocenters. The maximum Gasteiger partial charge on any atom is 0.313 e. The van der Waals surface area contributed by atoms with Crippen molar-refractivity contribution in [2.24, 2.45) is 5.92 Å². The summed E-state index contributed by atoms with van der Waals surface area (Å²) in [6, 6.07) is 8.08. The smallest absolute Gasteiger partial charge is 0.313 e. The van der Waals surface area contributed by atoms with Crippen LogP contribution in [0.5, 0.6) is 0 Å². The zero-order valence-corrected chi connectivity index (χ0v) is 35.9. The Labute approximate surface area is 333 Å². The Balaban J connectivity index is 2.41. The monoisotopic (exact) mass is 757 g/mol. The Morgan fingerprint density at radius 2 is 0.815 bits per heavy atom. The average Bonchev–Trinajstić information content (AvgIpc) is 3.16. The second kappa shape index (κ2) is 35.1. The normalized spacial score (nSPS) is 12.0. The number of carbonyl (C=O) groups excluding carboxylic acids is 3. The molecular weight excluding hydrogens is 673 g/mol. The maximum atomic E-state index is 13.2. The molecule has 6 heteroatoms. The number of carbonyl (C=O) groups is 3. The Morgan fingerprint density at radius 1 is 0.481 bits per heavy atom. The third-order valence-electron chi connectivity index (χ3n) is 10.6. The number of benzene rings is 1. The van der Waals surface area contributed by atoms with Gasteiger partial charge >= 0.3 is 17.9 Å². The molecule has 312 valence electrons. The van der Waals surface area contributed by atoms with E-state index in [1.165, 1.54) is 134 Å². The third-order valence-corrected chi connectivity index (χ3v) is 10.6. The van der Waals surface area contributed by atoms with Gasteiger partial charge in [0.2, 0.25) is 0 Å². The highest BCUT2D eigenvalue weighted by Gasteiger charge is 2.24. The van der Waals surface area contributed by atoms with Crippen LogP contribution in [0.1, 0.15) is 231 Å². The van der Waals surface area contributed by atoms with E-state index in [0.717, 1.165) is 50.5 Å². The fourth-order valence-electron chi connectivity index (χ4n) is 7.02. The quantitative estimate of drug-likeness (QED) is 0.0382. The van der Waals surface area contributed by atoms with Crippen molar-refractivity contribution in [1.82, 2.24) is 0 Å². The Kier molecular flexibility index (Phi) is 32.2. The highest BCUT2D eigenvalue weighted by molar-refractivity contribution is 5.78. The van der Waals surface area contributed by atoms with Crippen molar-refractivity contribution in [3.05, 3.63) is 35.4 Å². The number of unbranched alkanes of at least 4 members (excludes halogenated alkanes) is 24. The number of esters is 3. The summed E-state index contributed by atoms with van der Waals surface area (Å²) < 4.78 is 16.9. The zero-order valence-electron chi connectivity index (χ0n) is 35.9. The lowest BCUT2D eigenvalue weighted by molar-refractivity contribution is -0.167. The van der Waals surface area contributed by atoms with E-state index >= 15 is 0 Å². The van der Waals surface area contributed by atoms with Gasteiger partial charge in [0, 0.05) is 12.8 Å². The van der Waals surface area contributed by atoms with Crippen LogP contribution in [-0.2, 0) is 35.0 Å². The first-order chi connectivity index (χ1) is 26.3. The minimum Gasteiger partial charge on any atom is -0.462 e. The van der Waals surface area contributed by atoms with Gasteiger partial charge in [-0.1, -0.05) is 206 Å². The molecule has 0 bridgehead atoms. The highest BCUT2D eigenvalue weighted by Crippen LogP contribution is 2.21. The molecule has 1 unspecified atom stereocenters. The molecule has 0 radical (unpaired) electrons. The molecule has 0 amide bonds. The molecule has 0 aliphatic carbocycles. The standard InChI is InChI=1S/C48H84O6/c1-6-8-10-12-14-16-18-20-22-24-26-28-30-32-46(49)52-39-45(54-48(51)42(5)44-36-34-43(35-37-44)38-41(3)4)40-53-47(50)33-31-29-27-25-23-21-19-17-15-13-11-9-7-2/h34-37,41-42,45H,6-33,38-40H2,1-5H3. The Hall–Kier alpha value is -2.37. The molecular formula is C48H84O6. The van der Waals surface area contributed by atoms with Gasteiger partial charge in [-0.25, -0.2) is 0 Å². The van der Waals surface area contributed by atoms with Crippen LogP contribution in [-0.4, -0.2) is 37.2 Å². The van der Waals surface area contributed by atoms with Crippen molar-refractivity contribution in [3.8, 4) is 0 Å². The van der Waals surface area contributed by atoms with E-state index in [-0.39, 0.29) is 25.2 Å². The summed E-state index contributed by atoms with van der Waals surface area (Å²) in [6.45, 7) is 10.5. The molecule has 54 heavy (non-hydrogen) atoms. The lowest BCUT2D eigenvalue weighted by atomic mass is 9.97. The molecule has 0 aliphatic heterocycles. The lowest BCUT2D eigenvalue weighted by Crippen LogP contribution is -2.32. The van der Waals surface area contributed by atoms with Crippen LogP contribution in [0.3, 0.4) is 0 Å². The molecule has 1 rings (SSSR count).